The van der Waals surface area contributed by atoms with E-state index in [2.05, 4.69) is 15.4 Å². The van der Waals surface area contributed by atoms with Gasteiger partial charge in [-0.3, -0.25) is 4.79 Å². The van der Waals surface area contributed by atoms with Crippen molar-refractivity contribution in [1.82, 2.24) is 15.4 Å². The van der Waals surface area contributed by atoms with Crippen LogP contribution in [-0.4, -0.2) is 21.2 Å². The van der Waals surface area contributed by atoms with E-state index in [1.807, 2.05) is 0 Å². The number of nitrogens with zero attached hydrogens (tertiary/aromatic N) is 3. The van der Waals surface area contributed by atoms with E-state index in [9.17, 15) is 4.79 Å². The fraction of sp³-hybridized carbons (Fsp3) is 0.333. The van der Waals surface area contributed by atoms with Crippen LogP contribution in [0, 0.1) is 0 Å². The number of aromatic nitrogens is 3. The molecule has 0 aliphatic rings. The van der Waals surface area contributed by atoms with Crippen LogP contribution in [0.2, 0.25) is 0 Å². The lowest BCUT2D eigenvalue weighted by Crippen LogP contribution is -2.01. The fourth-order valence-corrected chi connectivity index (χ4v) is 0.571. The Labute approximate surface area is 58.3 Å². The molecule has 1 aromatic rings. The van der Waals surface area contributed by atoms with Gasteiger partial charge in [-0.1, -0.05) is 6.92 Å². The van der Waals surface area contributed by atoms with Crippen LogP contribution < -0.4 is 0 Å². The Morgan fingerprint density at radius 1 is 1.70 bits per heavy atom. The molecular formula is C6H7N3O. The molecule has 0 amide bonds. The van der Waals surface area contributed by atoms with E-state index in [-0.39, 0.29) is 5.78 Å². The molecule has 0 aromatic carbocycles. The normalized spacial score (nSPS) is 9.30. The molecule has 0 radical (unpaired) electrons. The highest BCUT2D eigenvalue weighted by Gasteiger charge is 2.02. The molecule has 0 bridgehead atoms. The maximum atomic E-state index is 10.9. The molecule has 52 valence electrons. The van der Waals surface area contributed by atoms with Crippen LogP contribution in [0.25, 0.3) is 0 Å². The second kappa shape index (κ2) is 3.00. The summed E-state index contributed by atoms with van der Waals surface area (Å²) in [6, 6.07) is 1.55. The summed E-state index contributed by atoms with van der Waals surface area (Å²) in [6.07, 6.45) is 1.91. The summed E-state index contributed by atoms with van der Waals surface area (Å²) in [6.45, 7) is 1.78. The van der Waals surface area contributed by atoms with Gasteiger partial charge in [0, 0.05) is 6.42 Å². The van der Waals surface area contributed by atoms with Crippen molar-refractivity contribution in [2.45, 2.75) is 13.3 Å². The van der Waals surface area contributed by atoms with Crippen LogP contribution in [-0.2, 0) is 0 Å². The Hall–Kier alpha value is -1.32. The lowest BCUT2D eigenvalue weighted by molar-refractivity contribution is 0.0982. The first-order valence-electron chi connectivity index (χ1n) is 3.02. The number of ketones is 1. The molecule has 0 atom stereocenters. The summed E-state index contributed by atoms with van der Waals surface area (Å²) in [5, 5.41) is 10.3. The lowest BCUT2D eigenvalue weighted by Gasteiger charge is -1.90. The van der Waals surface area contributed by atoms with Crippen molar-refractivity contribution in [2.24, 2.45) is 0 Å². The van der Waals surface area contributed by atoms with Gasteiger partial charge in [0.05, 0.1) is 6.20 Å². The molecule has 4 nitrogen and oxygen atoms in total. The molecule has 0 fully saturated rings. The van der Waals surface area contributed by atoms with E-state index >= 15 is 0 Å². The topological polar surface area (TPSA) is 55.7 Å². The highest BCUT2D eigenvalue weighted by atomic mass is 16.1. The number of carbonyl (C=O) groups excluding carboxylic acids is 1. The Morgan fingerprint density at radius 3 is 3.00 bits per heavy atom. The Morgan fingerprint density at radius 2 is 2.50 bits per heavy atom. The minimum atomic E-state index is -0.00472. The van der Waals surface area contributed by atoms with Crippen molar-refractivity contribution >= 4 is 5.78 Å². The van der Waals surface area contributed by atoms with E-state index in [0.29, 0.717) is 12.1 Å². The third-order valence-electron chi connectivity index (χ3n) is 1.11. The fourth-order valence-electron chi connectivity index (χ4n) is 0.571. The average molecular weight is 137 g/mol. The second-order valence-corrected chi connectivity index (χ2v) is 1.78. The van der Waals surface area contributed by atoms with Crippen LogP contribution in [0.4, 0.5) is 0 Å². The molecular weight excluding hydrogens is 130 g/mol. The first-order chi connectivity index (χ1) is 4.84. The number of hydrogen-bond donors (Lipinski definition) is 0. The third kappa shape index (κ3) is 1.34. The summed E-state index contributed by atoms with van der Waals surface area (Å²) in [5.74, 6) is -0.00472. The molecule has 0 N–H and O–H groups in total. The van der Waals surface area contributed by atoms with Crippen LogP contribution >= 0.6 is 0 Å². The highest BCUT2D eigenvalue weighted by Crippen LogP contribution is 1.94. The molecule has 1 heterocycles. The van der Waals surface area contributed by atoms with E-state index in [1.54, 1.807) is 13.0 Å². The summed E-state index contributed by atoms with van der Waals surface area (Å²) in [7, 11) is 0. The molecule has 0 unspecified atom stereocenters. The SMILES string of the molecule is CCC(=O)c1ccnnn1. The van der Waals surface area contributed by atoms with E-state index in [1.165, 1.54) is 6.20 Å². The van der Waals surface area contributed by atoms with Crippen LogP contribution in [0.3, 0.4) is 0 Å². The van der Waals surface area contributed by atoms with E-state index in [4.69, 9.17) is 0 Å². The number of hydrogen-bond acceptors (Lipinski definition) is 4. The summed E-state index contributed by atoms with van der Waals surface area (Å²) >= 11 is 0. The number of rotatable bonds is 2. The lowest BCUT2D eigenvalue weighted by atomic mass is 10.2. The van der Waals surface area contributed by atoms with Gasteiger partial charge in [-0.15, -0.1) is 10.2 Å². The van der Waals surface area contributed by atoms with Gasteiger partial charge in [-0.05, 0) is 11.3 Å². The number of carbonyl (C=O) groups is 1. The van der Waals surface area contributed by atoms with E-state index < -0.39 is 0 Å². The summed E-state index contributed by atoms with van der Waals surface area (Å²) < 4.78 is 0. The quantitative estimate of drug-likeness (QED) is 0.556. The first kappa shape index (κ1) is 6.80. The summed E-state index contributed by atoms with van der Waals surface area (Å²) in [5.41, 5.74) is 0.387. The second-order valence-electron chi connectivity index (χ2n) is 1.78. The molecule has 0 saturated carbocycles. The third-order valence-corrected chi connectivity index (χ3v) is 1.11. The molecule has 1 aromatic heterocycles. The zero-order valence-corrected chi connectivity index (χ0v) is 5.61. The summed E-state index contributed by atoms with van der Waals surface area (Å²) in [4.78, 5) is 10.9. The molecule has 0 saturated heterocycles. The highest BCUT2D eigenvalue weighted by molar-refractivity contribution is 5.93. The van der Waals surface area contributed by atoms with Gasteiger partial charge < -0.3 is 0 Å². The van der Waals surface area contributed by atoms with Gasteiger partial charge in [0.25, 0.3) is 0 Å². The molecule has 10 heavy (non-hydrogen) atoms. The van der Waals surface area contributed by atoms with Gasteiger partial charge in [0.15, 0.2) is 5.78 Å². The van der Waals surface area contributed by atoms with E-state index in [0.717, 1.165) is 0 Å². The Kier molecular flexibility index (Phi) is 2.04. The van der Waals surface area contributed by atoms with Crippen molar-refractivity contribution in [3.05, 3.63) is 18.0 Å². The largest absolute Gasteiger partial charge is 0.292 e. The molecule has 4 heteroatoms. The minimum absolute atomic E-state index is 0.00472. The van der Waals surface area contributed by atoms with Crippen molar-refractivity contribution < 1.29 is 4.79 Å². The zero-order valence-electron chi connectivity index (χ0n) is 5.61. The standard InChI is InChI=1S/C6H7N3O/c1-2-6(10)5-3-4-7-9-8-5/h3-4H,2H2,1H3. The number of Topliss-reactive ketones (excluding diaryl/α,β-unsaturated/α-hetero) is 1. The first-order valence-corrected chi connectivity index (χ1v) is 3.02. The monoisotopic (exact) mass is 137 g/mol. The Bertz CT molecular complexity index is 222. The smallest absolute Gasteiger partial charge is 0.182 e. The van der Waals surface area contributed by atoms with Gasteiger partial charge in [0.1, 0.15) is 5.69 Å². The van der Waals surface area contributed by atoms with Crippen molar-refractivity contribution in [2.75, 3.05) is 0 Å². The van der Waals surface area contributed by atoms with Gasteiger partial charge in [-0.25, -0.2) is 0 Å². The minimum Gasteiger partial charge on any atom is -0.292 e. The van der Waals surface area contributed by atoms with Gasteiger partial charge in [0.2, 0.25) is 0 Å². The van der Waals surface area contributed by atoms with Crippen molar-refractivity contribution in [3.63, 3.8) is 0 Å². The van der Waals surface area contributed by atoms with Crippen LogP contribution in [0.1, 0.15) is 23.8 Å². The Balaban J connectivity index is 2.85. The zero-order chi connectivity index (χ0) is 7.40. The van der Waals surface area contributed by atoms with Crippen LogP contribution in [0.5, 0.6) is 0 Å². The molecule has 0 aliphatic carbocycles. The predicted octanol–water partition coefficient (Wildman–Crippen LogP) is 0.464. The maximum Gasteiger partial charge on any atom is 0.182 e. The average Bonchev–Trinajstić information content (AvgIpc) is 2.05. The van der Waals surface area contributed by atoms with Gasteiger partial charge >= 0.3 is 0 Å². The molecule has 0 spiro atoms. The van der Waals surface area contributed by atoms with Crippen molar-refractivity contribution in [1.29, 1.82) is 0 Å². The van der Waals surface area contributed by atoms with Crippen molar-refractivity contribution in [3.8, 4) is 0 Å². The van der Waals surface area contributed by atoms with Crippen LogP contribution in [0.15, 0.2) is 12.3 Å². The molecule has 1 rings (SSSR count). The van der Waals surface area contributed by atoms with Gasteiger partial charge in [-0.2, -0.15) is 0 Å². The molecule has 0 aliphatic heterocycles. The maximum absolute atomic E-state index is 10.9. The predicted molar refractivity (Wildman–Crippen MR) is 34.4 cm³/mol.